The lowest BCUT2D eigenvalue weighted by Gasteiger charge is -2.08. The molecule has 1 heterocycles. The summed E-state index contributed by atoms with van der Waals surface area (Å²) in [5.41, 5.74) is 1.74. The summed E-state index contributed by atoms with van der Waals surface area (Å²) in [6.07, 6.45) is 1.33. The van der Waals surface area contributed by atoms with Crippen molar-refractivity contribution in [2.24, 2.45) is 0 Å². The molecule has 0 spiro atoms. The van der Waals surface area contributed by atoms with Crippen LogP contribution >= 0.6 is 11.6 Å². The van der Waals surface area contributed by atoms with Crippen molar-refractivity contribution in [3.8, 4) is 5.75 Å². The minimum atomic E-state index is -0.987. The zero-order valence-corrected chi connectivity index (χ0v) is 11.5. The van der Waals surface area contributed by atoms with Crippen molar-refractivity contribution in [1.82, 2.24) is 4.98 Å². The number of pyridine rings is 1. The van der Waals surface area contributed by atoms with E-state index in [-0.39, 0.29) is 5.56 Å². The van der Waals surface area contributed by atoms with Crippen LogP contribution in [0.25, 0.3) is 0 Å². The number of rotatable bonds is 5. The van der Waals surface area contributed by atoms with Gasteiger partial charge in [0, 0.05) is 11.9 Å². The number of benzene rings is 1. The number of aromatic carboxylic acids is 1. The predicted octanol–water partition coefficient (Wildman–Crippen LogP) is 3.05. The van der Waals surface area contributed by atoms with Gasteiger partial charge in [-0.1, -0.05) is 11.6 Å². The van der Waals surface area contributed by atoms with E-state index in [4.69, 9.17) is 21.4 Å². The van der Waals surface area contributed by atoms with Crippen molar-refractivity contribution < 1.29 is 14.6 Å². The summed E-state index contributed by atoms with van der Waals surface area (Å²) in [5, 5.41) is 12.5. The Labute approximate surface area is 121 Å². The van der Waals surface area contributed by atoms with E-state index in [1.165, 1.54) is 12.3 Å². The number of aromatic nitrogens is 1. The third-order valence-electron chi connectivity index (χ3n) is 2.70. The predicted molar refractivity (Wildman–Crippen MR) is 76.5 cm³/mol. The van der Waals surface area contributed by atoms with Gasteiger partial charge in [0.05, 0.1) is 29.9 Å². The molecule has 0 aliphatic heterocycles. The summed E-state index contributed by atoms with van der Waals surface area (Å²) in [7, 11) is 1.56. The van der Waals surface area contributed by atoms with E-state index in [1.807, 2.05) is 6.07 Å². The molecule has 1 aromatic heterocycles. The lowest BCUT2D eigenvalue weighted by Crippen LogP contribution is -2.03. The van der Waals surface area contributed by atoms with Gasteiger partial charge in [0.25, 0.3) is 0 Å². The van der Waals surface area contributed by atoms with Crippen LogP contribution in [0.2, 0.25) is 5.02 Å². The van der Waals surface area contributed by atoms with Crippen LogP contribution in [0.4, 0.5) is 5.69 Å². The van der Waals surface area contributed by atoms with Gasteiger partial charge in [-0.05, 0) is 30.3 Å². The Bertz CT molecular complexity index is 614. The standard InChI is InChI=1S/C14H13ClN2O3/c1-20-13-5-4-10(6-12(13)15)17-8-11-3-2-9(7-16-11)14(18)19/h2-7,17H,8H2,1H3,(H,18,19). The van der Waals surface area contributed by atoms with Crippen LogP contribution < -0.4 is 10.1 Å². The van der Waals surface area contributed by atoms with Gasteiger partial charge in [0.1, 0.15) is 5.75 Å². The Morgan fingerprint density at radius 2 is 2.20 bits per heavy atom. The minimum absolute atomic E-state index is 0.168. The molecule has 2 rings (SSSR count). The first-order valence-electron chi connectivity index (χ1n) is 5.86. The molecule has 2 N–H and O–H groups in total. The smallest absolute Gasteiger partial charge is 0.337 e. The molecule has 0 saturated heterocycles. The summed E-state index contributed by atoms with van der Waals surface area (Å²) in [6, 6.07) is 8.56. The fourth-order valence-corrected chi connectivity index (χ4v) is 1.88. The molecule has 0 amide bonds. The number of nitrogens with zero attached hydrogens (tertiary/aromatic N) is 1. The lowest BCUT2D eigenvalue weighted by molar-refractivity contribution is 0.0696. The second-order valence-corrected chi connectivity index (χ2v) is 4.45. The van der Waals surface area contributed by atoms with Gasteiger partial charge in [-0.3, -0.25) is 4.98 Å². The third-order valence-corrected chi connectivity index (χ3v) is 2.99. The normalized spacial score (nSPS) is 10.1. The minimum Gasteiger partial charge on any atom is -0.495 e. The van der Waals surface area contributed by atoms with Gasteiger partial charge in [0.2, 0.25) is 0 Å². The van der Waals surface area contributed by atoms with E-state index in [9.17, 15) is 4.79 Å². The quantitative estimate of drug-likeness (QED) is 0.886. The number of carboxylic acids is 1. The zero-order chi connectivity index (χ0) is 14.5. The monoisotopic (exact) mass is 292 g/mol. The number of nitrogens with one attached hydrogen (secondary N) is 1. The van der Waals surface area contributed by atoms with E-state index in [0.717, 1.165) is 11.4 Å². The van der Waals surface area contributed by atoms with Crippen molar-refractivity contribution in [1.29, 1.82) is 0 Å². The highest BCUT2D eigenvalue weighted by Crippen LogP contribution is 2.27. The largest absolute Gasteiger partial charge is 0.495 e. The van der Waals surface area contributed by atoms with Gasteiger partial charge in [-0.25, -0.2) is 4.79 Å². The fourth-order valence-electron chi connectivity index (χ4n) is 1.62. The second-order valence-electron chi connectivity index (χ2n) is 4.05. The topological polar surface area (TPSA) is 71.5 Å². The highest BCUT2D eigenvalue weighted by molar-refractivity contribution is 6.32. The number of anilines is 1. The van der Waals surface area contributed by atoms with Gasteiger partial charge in [-0.2, -0.15) is 0 Å². The van der Waals surface area contributed by atoms with Crippen LogP contribution in [0, 0.1) is 0 Å². The van der Waals surface area contributed by atoms with Crippen LogP contribution in [-0.2, 0) is 6.54 Å². The Hall–Kier alpha value is -2.27. The molecule has 1 aromatic carbocycles. The number of methoxy groups -OCH3 is 1. The van der Waals surface area contributed by atoms with Gasteiger partial charge < -0.3 is 15.2 Å². The molecule has 0 aliphatic carbocycles. The van der Waals surface area contributed by atoms with Gasteiger partial charge in [-0.15, -0.1) is 0 Å². The van der Waals surface area contributed by atoms with Crippen molar-refractivity contribution in [3.05, 3.63) is 52.8 Å². The SMILES string of the molecule is COc1ccc(NCc2ccc(C(=O)O)cn2)cc1Cl. The maximum absolute atomic E-state index is 10.7. The van der Waals surface area contributed by atoms with Crippen LogP contribution in [-0.4, -0.2) is 23.2 Å². The Morgan fingerprint density at radius 3 is 2.75 bits per heavy atom. The van der Waals surface area contributed by atoms with Crippen molar-refractivity contribution in [2.45, 2.75) is 6.54 Å². The molecule has 0 saturated carbocycles. The summed E-state index contributed by atoms with van der Waals surface area (Å²) < 4.78 is 5.07. The number of carbonyl (C=O) groups is 1. The zero-order valence-electron chi connectivity index (χ0n) is 10.8. The molecular formula is C14H13ClN2O3. The molecule has 0 aliphatic rings. The number of carboxylic acid groups (broad SMARTS) is 1. The summed E-state index contributed by atoms with van der Waals surface area (Å²) in [4.78, 5) is 14.8. The van der Waals surface area contributed by atoms with Crippen LogP contribution in [0.1, 0.15) is 16.1 Å². The van der Waals surface area contributed by atoms with Crippen LogP contribution in [0.5, 0.6) is 5.75 Å². The molecule has 20 heavy (non-hydrogen) atoms. The first-order chi connectivity index (χ1) is 9.60. The van der Waals surface area contributed by atoms with E-state index in [2.05, 4.69) is 10.3 Å². The molecule has 104 valence electrons. The number of hydrogen-bond acceptors (Lipinski definition) is 4. The highest BCUT2D eigenvalue weighted by Gasteiger charge is 2.04. The van der Waals surface area contributed by atoms with Crippen LogP contribution in [0.3, 0.4) is 0 Å². The Morgan fingerprint density at radius 1 is 1.40 bits per heavy atom. The lowest BCUT2D eigenvalue weighted by atomic mass is 10.2. The molecule has 0 unspecified atom stereocenters. The fraction of sp³-hybridized carbons (Fsp3) is 0.143. The van der Waals surface area contributed by atoms with Crippen molar-refractivity contribution in [3.63, 3.8) is 0 Å². The number of hydrogen-bond donors (Lipinski definition) is 2. The third kappa shape index (κ3) is 3.39. The van der Waals surface area contributed by atoms with Crippen LogP contribution in [0.15, 0.2) is 36.5 Å². The first-order valence-corrected chi connectivity index (χ1v) is 6.23. The average molecular weight is 293 g/mol. The second kappa shape index (κ2) is 6.25. The summed E-state index contributed by atoms with van der Waals surface area (Å²) in [5.74, 6) is -0.375. The molecule has 0 fully saturated rings. The Kier molecular flexibility index (Phi) is 4.42. The Balaban J connectivity index is 2.01. The van der Waals surface area contributed by atoms with Crippen molar-refractivity contribution in [2.75, 3.05) is 12.4 Å². The molecule has 5 nitrogen and oxygen atoms in total. The average Bonchev–Trinajstić information content (AvgIpc) is 2.45. The highest BCUT2D eigenvalue weighted by atomic mass is 35.5. The maximum atomic E-state index is 10.7. The molecular weight excluding hydrogens is 280 g/mol. The molecule has 6 heteroatoms. The maximum Gasteiger partial charge on any atom is 0.337 e. The van der Waals surface area contributed by atoms with Crippen molar-refractivity contribution >= 4 is 23.3 Å². The van der Waals surface area contributed by atoms with E-state index < -0.39 is 5.97 Å². The molecule has 2 aromatic rings. The van der Waals surface area contributed by atoms with E-state index in [1.54, 1.807) is 25.3 Å². The first kappa shape index (κ1) is 14.1. The summed E-state index contributed by atoms with van der Waals surface area (Å²) in [6.45, 7) is 0.475. The van der Waals surface area contributed by atoms with E-state index in [0.29, 0.717) is 17.3 Å². The van der Waals surface area contributed by atoms with E-state index >= 15 is 0 Å². The molecule has 0 atom stereocenters. The van der Waals surface area contributed by atoms with Gasteiger partial charge >= 0.3 is 5.97 Å². The van der Waals surface area contributed by atoms with Gasteiger partial charge in [0.15, 0.2) is 0 Å². The summed E-state index contributed by atoms with van der Waals surface area (Å²) >= 11 is 6.02. The number of halogens is 1. The molecule has 0 bridgehead atoms. The molecule has 0 radical (unpaired) electrons. The number of ether oxygens (including phenoxy) is 1.